The fourth-order valence-corrected chi connectivity index (χ4v) is 3.46. The van der Waals surface area contributed by atoms with Gasteiger partial charge in [-0.3, -0.25) is 4.79 Å². The molecule has 1 atom stereocenters. The summed E-state index contributed by atoms with van der Waals surface area (Å²) < 4.78 is 0. The molecule has 0 spiro atoms. The molecule has 0 heterocycles. The van der Waals surface area contributed by atoms with E-state index in [0.29, 0.717) is 5.75 Å². The first-order chi connectivity index (χ1) is 12.2. The Labute approximate surface area is 162 Å². The van der Waals surface area contributed by atoms with Gasteiger partial charge in [-0.25, -0.2) is 0 Å². The van der Waals surface area contributed by atoms with Crippen LogP contribution in [0.5, 0.6) is 0 Å². The maximum Gasteiger partial charge on any atom is 0.321 e. The van der Waals surface area contributed by atoms with Gasteiger partial charge in [-0.1, -0.05) is 103 Å². The number of rotatable bonds is 20. The lowest BCUT2D eigenvalue weighted by atomic mass is 10.0. The third-order valence-electron chi connectivity index (χ3n) is 4.90. The second kappa shape index (κ2) is 20.1. The third-order valence-corrected chi connectivity index (χ3v) is 5.27. The summed E-state index contributed by atoms with van der Waals surface area (Å²) in [5, 5.41) is 11.9. The largest absolute Gasteiger partial charge is 0.480 e. The molecule has 0 bridgehead atoms. The van der Waals surface area contributed by atoms with Gasteiger partial charge < -0.3 is 10.4 Å². The number of carboxylic acid groups (broad SMARTS) is 1. The van der Waals surface area contributed by atoms with E-state index < -0.39 is 12.0 Å². The Morgan fingerprint density at radius 2 is 1.12 bits per heavy atom. The molecule has 0 radical (unpaired) electrons. The normalized spacial score (nSPS) is 12.4. The van der Waals surface area contributed by atoms with Gasteiger partial charge in [0.2, 0.25) is 0 Å². The molecule has 3 nitrogen and oxygen atoms in total. The molecule has 0 aromatic rings. The molecule has 0 aromatic carbocycles. The fourth-order valence-electron chi connectivity index (χ4n) is 3.18. The highest BCUT2D eigenvalue weighted by molar-refractivity contribution is 7.80. The summed E-state index contributed by atoms with van der Waals surface area (Å²) in [5.74, 6) is -0.444. The molecule has 0 aliphatic heterocycles. The first-order valence-corrected chi connectivity index (χ1v) is 11.4. The molecule has 0 aliphatic rings. The lowest BCUT2D eigenvalue weighted by molar-refractivity contribution is -0.138. The fraction of sp³-hybridized carbons (Fsp3) is 0.952. The Hall–Kier alpha value is -0.220. The molecule has 4 heteroatoms. The molecule has 150 valence electrons. The summed E-state index contributed by atoms with van der Waals surface area (Å²) in [4.78, 5) is 10.8. The van der Waals surface area contributed by atoms with Gasteiger partial charge in [0.25, 0.3) is 0 Å². The molecule has 0 fully saturated rings. The summed E-state index contributed by atoms with van der Waals surface area (Å²) in [5.41, 5.74) is 0. The Morgan fingerprint density at radius 3 is 1.44 bits per heavy atom. The number of nitrogens with one attached hydrogen (secondary N) is 1. The quantitative estimate of drug-likeness (QED) is 0.175. The van der Waals surface area contributed by atoms with Crippen molar-refractivity contribution in [2.45, 2.75) is 116 Å². The third kappa shape index (κ3) is 18.4. The topological polar surface area (TPSA) is 49.3 Å². The first kappa shape index (κ1) is 24.8. The summed E-state index contributed by atoms with van der Waals surface area (Å²) in [6, 6.07) is -0.500. The van der Waals surface area contributed by atoms with Gasteiger partial charge in [-0.05, 0) is 13.0 Å². The number of thiol groups is 1. The molecule has 0 aliphatic carbocycles. The second-order valence-corrected chi connectivity index (χ2v) is 7.70. The Kier molecular flexibility index (Phi) is 19.9. The molecule has 0 saturated heterocycles. The van der Waals surface area contributed by atoms with Crippen LogP contribution in [0, 0.1) is 0 Å². The zero-order valence-corrected chi connectivity index (χ0v) is 17.5. The van der Waals surface area contributed by atoms with Crippen molar-refractivity contribution in [2.24, 2.45) is 0 Å². The van der Waals surface area contributed by atoms with Crippen molar-refractivity contribution in [3.63, 3.8) is 0 Å². The van der Waals surface area contributed by atoms with Crippen molar-refractivity contribution in [2.75, 3.05) is 12.3 Å². The molecular weight excluding hydrogens is 330 g/mol. The van der Waals surface area contributed by atoms with Crippen LogP contribution < -0.4 is 5.32 Å². The van der Waals surface area contributed by atoms with E-state index in [0.717, 1.165) is 13.0 Å². The standard InChI is InChI=1S/C21H43NO2S/c1-2-3-4-5-6-7-8-9-10-11-12-13-14-15-16-17-18-22-20(19-25)21(23)24/h20,22,25H,2-19H2,1H3,(H,23,24). The highest BCUT2D eigenvalue weighted by Crippen LogP contribution is 2.13. The number of hydrogen-bond acceptors (Lipinski definition) is 3. The molecule has 0 rings (SSSR count). The average molecular weight is 374 g/mol. The number of carboxylic acids is 1. The van der Waals surface area contributed by atoms with Crippen LogP contribution in [0.2, 0.25) is 0 Å². The van der Waals surface area contributed by atoms with Crippen molar-refractivity contribution in [1.29, 1.82) is 0 Å². The summed E-state index contributed by atoms with van der Waals surface area (Å²) in [6.45, 7) is 3.06. The molecular formula is C21H43NO2S. The maximum atomic E-state index is 10.8. The van der Waals surface area contributed by atoms with Crippen molar-refractivity contribution in [3.8, 4) is 0 Å². The highest BCUT2D eigenvalue weighted by atomic mass is 32.1. The van der Waals surface area contributed by atoms with E-state index in [-0.39, 0.29) is 0 Å². The van der Waals surface area contributed by atoms with E-state index in [1.165, 1.54) is 96.3 Å². The van der Waals surface area contributed by atoms with Gasteiger partial charge in [-0.15, -0.1) is 0 Å². The predicted molar refractivity (Wildman–Crippen MR) is 113 cm³/mol. The highest BCUT2D eigenvalue weighted by Gasteiger charge is 2.13. The van der Waals surface area contributed by atoms with Crippen LogP contribution in [0.4, 0.5) is 0 Å². The maximum absolute atomic E-state index is 10.8. The molecule has 0 saturated carbocycles. The van der Waals surface area contributed by atoms with Crippen LogP contribution in [0.25, 0.3) is 0 Å². The molecule has 0 aromatic heterocycles. The van der Waals surface area contributed by atoms with Crippen LogP contribution in [-0.2, 0) is 4.79 Å². The van der Waals surface area contributed by atoms with Gasteiger partial charge in [0.1, 0.15) is 6.04 Å². The van der Waals surface area contributed by atoms with Gasteiger partial charge in [0, 0.05) is 5.75 Å². The smallest absolute Gasteiger partial charge is 0.321 e. The Bertz CT molecular complexity index is 287. The SMILES string of the molecule is CCCCCCCCCCCCCCCCCCNC(CS)C(=O)O. The first-order valence-electron chi connectivity index (χ1n) is 10.8. The molecule has 25 heavy (non-hydrogen) atoms. The summed E-state index contributed by atoms with van der Waals surface area (Å²) >= 11 is 4.05. The zero-order valence-electron chi connectivity index (χ0n) is 16.6. The molecule has 0 amide bonds. The van der Waals surface area contributed by atoms with E-state index in [1.54, 1.807) is 0 Å². The van der Waals surface area contributed by atoms with Gasteiger partial charge in [-0.2, -0.15) is 12.6 Å². The average Bonchev–Trinajstić information content (AvgIpc) is 2.60. The van der Waals surface area contributed by atoms with E-state index in [9.17, 15) is 4.79 Å². The minimum atomic E-state index is -0.800. The number of unbranched alkanes of at least 4 members (excludes halogenated alkanes) is 15. The van der Waals surface area contributed by atoms with Crippen molar-refractivity contribution in [1.82, 2.24) is 5.32 Å². The van der Waals surface area contributed by atoms with Gasteiger partial charge in [0.15, 0.2) is 0 Å². The zero-order chi connectivity index (χ0) is 18.6. The van der Waals surface area contributed by atoms with Crippen LogP contribution in [-0.4, -0.2) is 29.4 Å². The van der Waals surface area contributed by atoms with Gasteiger partial charge >= 0.3 is 5.97 Å². The van der Waals surface area contributed by atoms with Crippen LogP contribution in [0.1, 0.15) is 110 Å². The Balaban J connectivity index is 3.11. The lowest BCUT2D eigenvalue weighted by Crippen LogP contribution is -2.38. The number of hydrogen-bond donors (Lipinski definition) is 3. The van der Waals surface area contributed by atoms with Crippen LogP contribution >= 0.6 is 12.6 Å². The van der Waals surface area contributed by atoms with E-state index in [4.69, 9.17) is 5.11 Å². The van der Waals surface area contributed by atoms with Crippen LogP contribution in [0.15, 0.2) is 0 Å². The molecule has 2 N–H and O–H groups in total. The second-order valence-electron chi connectivity index (χ2n) is 7.33. The monoisotopic (exact) mass is 373 g/mol. The van der Waals surface area contributed by atoms with E-state index in [1.807, 2.05) is 0 Å². The van der Waals surface area contributed by atoms with E-state index in [2.05, 4.69) is 24.9 Å². The van der Waals surface area contributed by atoms with Crippen molar-refractivity contribution >= 4 is 18.6 Å². The Morgan fingerprint density at radius 1 is 0.760 bits per heavy atom. The number of carbonyl (C=O) groups is 1. The van der Waals surface area contributed by atoms with Crippen LogP contribution in [0.3, 0.4) is 0 Å². The lowest BCUT2D eigenvalue weighted by Gasteiger charge is -2.11. The van der Waals surface area contributed by atoms with E-state index >= 15 is 0 Å². The number of aliphatic carboxylic acids is 1. The van der Waals surface area contributed by atoms with Crippen molar-refractivity contribution in [3.05, 3.63) is 0 Å². The molecule has 1 unspecified atom stereocenters. The predicted octanol–water partition coefficient (Wildman–Crippen LogP) is 6.22. The minimum Gasteiger partial charge on any atom is -0.480 e. The minimum absolute atomic E-state index is 0.355. The summed E-state index contributed by atoms with van der Waals surface area (Å²) in [6.07, 6.45) is 21.8. The summed E-state index contributed by atoms with van der Waals surface area (Å²) in [7, 11) is 0. The van der Waals surface area contributed by atoms with Crippen molar-refractivity contribution < 1.29 is 9.90 Å². The van der Waals surface area contributed by atoms with Gasteiger partial charge in [0.05, 0.1) is 0 Å².